The highest BCUT2D eigenvalue weighted by Gasteiger charge is 2.19. The molecule has 0 spiro atoms. The summed E-state index contributed by atoms with van der Waals surface area (Å²) in [6.07, 6.45) is 5.77. The lowest BCUT2D eigenvalue weighted by Crippen LogP contribution is -2.34. The number of benzene rings is 1. The van der Waals surface area contributed by atoms with E-state index >= 15 is 0 Å². The number of hydrogen-bond donors (Lipinski definition) is 2. The van der Waals surface area contributed by atoms with Crippen molar-refractivity contribution in [2.45, 2.75) is 42.9 Å². The lowest BCUT2D eigenvalue weighted by atomic mass is 9.99. The lowest BCUT2D eigenvalue weighted by Gasteiger charge is -2.31. The van der Waals surface area contributed by atoms with Gasteiger partial charge in [0.1, 0.15) is 10.8 Å². The van der Waals surface area contributed by atoms with E-state index in [9.17, 15) is 0 Å². The first-order chi connectivity index (χ1) is 15.6. The van der Waals surface area contributed by atoms with Crippen molar-refractivity contribution in [3.05, 3.63) is 60.4 Å². The highest BCUT2D eigenvalue weighted by Crippen LogP contribution is 2.29. The molecule has 3 heterocycles. The number of anilines is 2. The Morgan fingerprint density at radius 3 is 2.53 bits per heavy atom. The third-order valence-electron chi connectivity index (χ3n) is 5.41. The molecule has 3 aromatic rings. The van der Waals surface area contributed by atoms with Gasteiger partial charge in [-0.15, -0.1) is 0 Å². The van der Waals surface area contributed by atoms with Crippen LogP contribution >= 0.6 is 24.0 Å². The van der Waals surface area contributed by atoms with E-state index in [4.69, 9.17) is 17.2 Å². The van der Waals surface area contributed by atoms with E-state index in [1.165, 1.54) is 11.8 Å². The van der Waals surface area contributed by atoms with Gasteiger partial charge in [-0.25, -0.2) is 15.0 Å². The second-order valence-corrected chi connectivity index (χ2v) is 9.32. The lowest BCUT2D eigenvalue weighted by molar-refractivity contribution is 0.436. The van der Waals surface area contributed by atoms with Crippen LogP contribution in [0.2, 0.25) is 0 Å². The molecular formula is C23H27N7S2. The Kier molecular flexibility index (Phi) is 7.49. The molecule has 1 saturated heterocycles. The number of piperidine rings is 1. The maximum absolute atomic E-state index is 5.55. The molecule has 9 heteroatoms. The number of aromatic nitrogens is 4. The third-order valence-corrected chi connectivity index (χ3v) is 6.44. The van der Waals surface area contributed by atoms with Crippen molar-refractivity contribution >= 4 is 40.9 Å². The monoisotopic (exact) mass is 465 g/mol. The summed E-state index contributed by atoms with van der Waals surface area (Å²) in [6, 6.07) is 14.1. The van der Waals surface area contributed by atoms with Gasteiger partial charge < -0.3 is 15.5 Å². The van der Waals surface area contributed by atoms with Gasteiger partial charge in [0.25, 0.3) is 0 Å². The third kappa shape index (κ3) is 6.14. The van der Waals surface area contributed by atoms with E-state index in [2.05, 4.69) is 56.5 Å². The van der Waals surface area contributed by atoms with Crippen LogP contribution in [0, 0.1) is 5.92 Å². The second kappa shape index (κ2) is 10.7. The Balaban J connectivity index is 1.52. The number of nitrogens with one attached hydrogen (secondary N) is 2. The Hall–Kier alpha value is -2.78. The van der Waals surface area contributed by atoms with E-state index in [0.29, 0.717) is 16.2 Å². The van der Waals surface area contributed by atoms with Gasteiger partial charge in [-0.05, 0) is 61.3 Å². The molecule has 1 aliphatic heterocycles. The number of thiocarbonyl (C=S) groups is 1. The van der Waals surface area contributed by atoms with Gasteiger partial charge in [-0.2, -0.15) is 4.98 Å². The molecule has 0 bridgehead atoms. The van der Waals surface area contributed by atoms with Crippen molar-refractivity contribution < 1.29 is 0 Å². The Morgan fingerprint density at radius 1 is 1.09 bits per heavy atom. The molecule has 0 radical (unpaired) electrons. The van der Waals surface area contributed by atoms with Crippen LogP contribution in [-0.2, 0) is 0 Å². The minimum Gasteiger partial charge on any atom is -0.356 e. The average molecular weight is 466 g/mol. The fraction of sp³-hybridized carbons (Fsp3) is 0.348. The molecule has 2 N–H and O–H groups in total. The van der Waals surface area contributed by atoms with E-state index in [0.717, 1.165) is 48.3 Å². The smallest absolute Gasteiger partial charge is 0.232 e. The zero-order valence-corrected chi connectivity index (χ0v) is 19.9. The summed E-state index contributed by atoms with van der Waals surface area (Å²) in [7, 11) is 0. The van der Waals surface area contributed by atoms with Gasteiger partial charge in [0.15, 0.2) is 10.3 Å². The van der Waals surface area contributed by atoms with E-state index in [1.54, 1.807) is 18.5 Å². The van der Waals surface area contributed by atoms with Crippen LogP contribution in [0.25, 0.3) is 0 Å². The molecule has 1 aliphatic rings. The summed E-state index contributed by atoms with van der Waals surface area (Å²) in [5.74, 6) is 2.11. The van der Waals surface area contributed by atoms with Crippen molar-refractivity contribution in [2.75, 3.05) is 23.3 Å². The first-order valence-electron chi connectivity index (χ1n) is 10.8. The van der Waals surface area contributed by atoms with Crippen LogP contribution < -0.4 is 15.5 Å². The number of nitrogens with zero attached hydrogens (tertiary/aromatic N) is 5. The molecular weight excluding hydrogens is 438 g/mol. The number of rotatable bonds is 6. The largest absolute Gasteiger partial charge is 0.356 e. The second-order valence-electron chi connectivity index (χ2n) is 7.92. The zero-order valence-electron chi connectivity index (χ0n) is 18.2. The Bertz CT molecular complexity index is 1030. The van der Waals surface area contributed by atoms with Crippen LogP contribution in [0.4, 0.5) is 11.8 Å². The van der Waals surface area contributed by atoms with E-state index in [1.807, 2.05) is 24.3 Å². The van der Waals surface area contributed by atoms with Crippen LogP contribution in [0.15, 0.2) is 65.0 Å². The molecule has 1 atom stereocenters. The van der Waals surface area contributed by atoms with Gasteiger partial charge in [-0.3, -0.25) is 0 Å². The van der Waals surface area contributed by atoms with Gasteiger partial charge >= 0.3 is 0 Å². The summed E-state index contributed by atoms with van der Waals surface area (Å²) in [6.45, 7) is 6.34. The van der Waals surface area contributed by atoms with Crippen LogP contribution in [0.1, 0.15) is 38.3 Å². The highest BCUT2D eigenvalue weighted by molar-refractivity contribution is 7.99. The first kappa shape index (κ1) is 22.4. The average Bonchev–Trinajstić information content (AvgIpc) is 2.80. The highest BCUT2D eigenvalue weighted by atomic mass is 32.2. The van der Waals surface area contributed by atoms with E-state index in [-0.39, 0.29) is 6.04 Å². The van der Waals surface area contributed by atoms with Gasteiger partial charge in [0.05, 0.1) is 6.04 Å². The molecule has 2 aromatic heterocycles. The van der Waals surface area contributed by atoms with E-state index < -0.39 is 0 Å². The summed E-state index contributed by atoms with van der Waals surface area (Å²) in [5.41, 5.74) is 1.16. The molecule has 0 aliphatic carbocycles. The Morgan fingerprint density at radius 2 is 1.81 bits per heavy atom. The summed E-state index contributed by atoms with van der Waals surface area (Å²) in [4.78, 5) is 20.4. The van der Waals surface area contributed by atoms with Gasteiger partial charge in [0.2, 0.25) is 5.95 Å². The normalized spacial score (nSPS) is 15.2. The minimum absolute atomic E-state index is 0.0644. The van der Waals surface area contributed by atoms with Crippen molar-refractivity contribution in [1.82, 2.24) is 25.3 Å². The van der Waals surface area contributed by atoms with Crippen molar-refractivity contribution in [3.8, 4) is 0 Å². The molecule has 1 fully saturated rings. The van der Waals surface area contributed by atoms with Crippen LogP contribution in [-0.4, -0.2) is 38.1 Å². The predicted octanol–water partition coefficient (Wildman–Crippen LogP) is 4.70. The molecule has 166 valence electrons. The molecule has 32 heavy (non-hydrogen) atoms. The maximum atomic E-state index is 5.55. The number of hydrogen-bond acceptors (Lipinski definition) is 7. The quantitative estimate of drug-likeness (QED) is 0.306. The standard InChI is InChI=1S/C23H27N7S2/c1-16-9-13-30(14-10-16)19-15-20(32-23-24-11-6-12-25-23)28-21(27-19)29-22(31)26-17(2)18-7-4-3-5-8-18/h3-8,11-12,15-17H,9-10,13-14H2,1-2H3,(H2,26,27,28,29,31). The molecule has 0 saturated carbocycles. The molecule has 1 unspecified atom stereocenters. The van der Waals surface area contributed by atoms with Crippen molar-refractivity contribution in [2.24, 2.45) is 5.92 Å². The Labute approximate surface area is 198 Å². The maximum Gasteiger partial charge on any atom is 0.232 e. The molecule has 7 nitrogen and oxygen atoms in total. The minimum atomic E-state index is 0.0644. The fourth-order valence-electron chi connectivity index (χ4n) is 3.51. The van der Waals surface area contributed by atoms with Gasteiger partial charge in [-0.1, -0.05) is 37.3 Å². The SMILES string of the molecule is CC1CCN(c2cc(Sc3ncccn3)nc(NC(=S)NC(C)c3ccccc3)n2)CC1. The predicted molar refractivity (Wildman–Crippen MR) is 133 cm³/mol. The summed E-state index contributed by atoms with van der Waals surface area (Å²) < 4.78 is 0. The summed E-state index contributed by atoms with van der Waals surface area (Å²) in [5, 5.41) is 8.40. The van der Waals surface area contributed by atoms with Crippen LogP contribution in [0.3, 0.4) is 0 Å². The molecule has 1 aromatic carbocycles. The molecule has 0 amide bonds. The fourth-order valence-corrected chi connectivity index (χ4v) is 4.49. The van der Waals surface area contributed by atoms with Gasteiger partial charge in [0, 0.05) is 31.5 Å². The zero-order chi connectivity index (χ0) is 22.3. The topological polar surface area (TPSA) is 78.9 Å². The first-order valence-corrected chi connectivity index (χ1v) is 12.0. The van der Waals surface area contributed by atoms with Crippen LogP contribution in [0.5, 0.6) is 0 Å². The molecule has 4 rings (SSSR count). The summed E-state index contributed by atoms with van der Waals surface area (Å²) >= 11 is 6.97. The van der Waals surface area contributed by atoms with Crippen molar-refractivity contribution in [3.63, 3.8) is 0 Å². The van der Waals surface area contributed by atoms with Crippen molar-refractivity contribution in [1.29, 1.82) is 0 Å².